The van der Waals surface area contributed by atoms with Gasteiger partial charge in [0.25, 0.3) is 5.91 Å². The molecule has 2 fully saturated rings. The van der Waals surface area contributed by atoms with Crippen LogP contribution < -0.4 is 16.0 Å². The van der Waals surface area contributed by atoms with Crippen molar-refractivity contribution in [1.29, 1.82) is 0 Å². The Bertz CT molecular complexity index is 761. The molecule has 4 rings (SSSR count). The van der Waals surface area contributed by atoms with Crippen LogP contribution in [0.3, 0.4) is 0 Å². The van der Waals surface area contributed by atoms with Crippen molar-refractivity contribution < 1.29 is 14.4 Å². The van der Waals surface area contributed by atoms with Crippen molar-refractivity contribution >= 4 is 23.4 Å². The van der Waals surface area contributed by atoms with Crippen molar-refractivity contribution in [3.8, 4) is 0 Å². The van der Waals surface area contributed by atoms with E-state index in [1.165, 1.54) is 0 Å². The molecule has 3 amide bonds. The number of carbonyl (C=O) groups is 3. The highest BCUT2D eigenvalue weighted by molar-refractivity contribution is 6.02. The third-order valence-electron chi connectivity index (χ3n) is 5.53. The smallest absolute Gasteiger partial charge is 0.255 e. The average molecular weight is 356 g/mol. The van der Waals surface area contributed by atoms with E-state index in [-0.39, 0.29) is 30.2 Å². The van der Waals surface area contributed by atoms with Crippen LogP contribution in [0.4, 0.5) is 5.69 Å². The van der Waals surface area contributed by atoms with Crippen LogP contribution in [0.5, 0.6) is 0 Å². The summed E-state index contributed by atoms with van der Waals surface area (Å²) in [5, 5.41) is 9.44. The predicted molar refractivity (Wildman–Crippen MR) is 96.5 cm³/mol. The van der Waals surface area contributed by atoms with E-state index in [4.69, 9.17) is 0 Å². The van der Waals surface area contributed by atoms with Crippen LogP contribution in [-0.2, 0) is 9.59 Å². The minimum absolute atomic E-state index is 0.0461. The molecule has 1 aliphatic carbocycles. The van der Waals surface area contributed by atoms with E-state index in [0.717, 1.165) is 18.5 Å². The van der Waals surface area contributed by atoms with Crippen LogP contribution in [0.25, 0.3) is 0 Å². The quantitative estimate of drug-likeness (QED) is 0.759. The van der Waals surface area contributed by atoms with Crippen molar-refractivity contribution in [1.82, 2.24) is 15.5 Å². The highest BCUT2D eigenvalue weighted by Gasteiger charge is 2.42. The van der Waals surface area contributed by atoms with Gasteiger partial charge >= 0.3 is 0 Å². The maximum absolute atomic E-state index is 12.6. The lowest BCUT2D eigenvalue weighted by Gasteiger charge is -2.40. The summed E-state index contributed by atoms with van der Waals surface area (Å²) in [4.78, 5) is 39.1. The van der Waals surface area contributed by atoms with Crippen molar-refractivity contribution in [2.24, 2.45) is 0 Å². The molecule has 0 aromatic heterocycles. The summed E-state index contributed by atoms with van der Waals surface area (Å²) in [6.07, 6.45) is 3.38. The average Bonchev–Trinajstić information content (AvgIpc) is 3.44. The van der Waals surface area contributed by atoms with Gasteiger partial charge in [-0.2, -0.15) is 0 Å². The number of nitrogens with zero attached hydrogens (tertiary/aromatic N) is 1. The van der Waals surface area contributed by atoms with E-state index in [1.54, 1.807) is 17.9 Å². The molecule has 0 radical (unpaired) electrons. The molecule has 1 saturated heterocycles. The van der Waals surface area contributed by atoms with E-state index < -0.39 is 11.7 Å². The molecular formula is C19H24N4O3. The van der Waals surface area contributed by atoms with Gasteiger partial charge in [-0.1, -0.05) is 12.1 Å². The van der Waals surface area contributed by atoms with Crippen molar-refractivity contribution in [3.05, 3.63) is 29.8 Å². The van der Waals surface area contributed by atoms with Gasteiger partial charge in [0.2, 0.25) is 11.8 Å². The largest absolute Gasteiger partial charge is 0.362 e. The highest BCUT2D eigenvalue weighted by Crippen LogP contribution is 2.32. The summed E-state index contributed by atoms with van der Waals surface area (Å²) in [7, 11) is 0. The van der Waals surface area contributed by atoms with Gasteiger partial charge in [-0.3, -0.25) is 14.4 Å². The lowest BCUT2D eigenvalue weighted by atomic mass is 9.95. The molecule has 2 aliphatic heterocycles. The number of carbonyl (C=O) groups excluding carboxylic acids is 3. The topological polar surface area (TPSA) is 90.5 Å². The molecule has 1 saturated carbocycles. The van der Waals surface area contributed by atoms with E-state index in [2.05, 4.69) is 16.0 Å². The maximum Gasteiger partial charge on any atom is 0.255 e. The SMILES string of the molecule is C[C@@H](C(=O)NC1CC1)N1CC[C@]2(CCC1=O)NC(=O)c1ccccc1N2. The first-order chi connectivity index (χ1) is 12.5. The number of hydrogen-bond acceptors (Lipinski definition) is 4. The fourth-order valence-electron chi connectivity index (χ4n) is 3.74. The van der Waals surface area contributed by atoms with Crippen LogP contribution in [-0.4, -0.2) is 46.9 Å². The zero-order valence-electron chi connectivity index (χ0n) is 14.9. The number of hydrogen-bond donors (Lipinski definition) is 3. The number of nitrogens with one attached hydrogen (secondary N) is 3. The molecule has 0 bridgehead atoms. The van der Waals surface area contributed by atoms with E-state index >= 15 is 0 Å². The second-order valence-corrected chi connectivity index (χ2v) is 7.50. The maximum atomic E-state index is 12.6. The van der Waals surface area contributed by atoms with Gasteiger partial charge in [-0.05, 0) is 38.3 Å². The minimum atomic E-state index is -0.650. The summed E-state index contributed by atoms with van der Waals surface area (Å²) in [6, 6.07) is 7.15. The second-order valence-electron chi connectivity index (χ2n) is 7.50. The van der Waals surface area contributed by atoms with Gasteiger partial charge in [-0.15, -0.1) is 0 Å². The Hall–Kier alpha value is -2.57. The lowest BCUT2D eigenvalue weighted by molar-refractivity contribution is -0.139. The zero-order chi connectivity index (χ0) is 18.3. The Kier molecular flexibility index (Phi) is 4.09. The third-order valence-corrected chi connectivity index (χ3v) is 5.53. The Morgan fingerprint density at radius 2 is 2.00 bits per heavy atom. The van der Waals surface area contributed by atoms with Gasteiger partial charge in [0, 0.05) is 31.1 Å². The van der Waals surface area contributed by atoms with Gasteiger partial charge in [0.05, 0.1) is 5.56 Å². The second kappa shape index (κ2) is 6.30. The molecule has 3 aliphatic rings. The summed E-state index contributed by atoms with van der Waals surface area (Å²) >= 11 is 0. The number of benzene rings is 1. The first-order valence-electron chi connectivity index (χ1n) is 9.27. The fraction of sp³-hybridized carbons (Fsp3) is 0.526. The fourth-order valence-corrected chi connectivity index (χ4v) is 3.74. The molecule has 26 heavy (non-hydrogen) atoms. The van der Waals surface area contributed by atoms with E-state index in [0.29, 0.717) is 24.9 Å². The zero-order valence-corrected chi connectivity index (χ0v) is 14.9. The van der Waals surface area contributed by atoms with Crippen LogP contribution >= 0.6 is 0 Å². The molecule has 2 atom stereocenters. The molecule has 138 valence electrons. The van der Waals surface area contributed by atoms with Crippen LogP contribution in [0, 0.1) is 0 Å². The predicted octanol–water partition coefficient (Wildman–Crippen LogP) is 1.22. The summed E-state index contributed by atoms with van der Waals surface area (Å²) in [6.45, 7) is 2.20. The number of amides is 3. The van der Waals surface area contributed by atoms with Crippen molar-refractivity contribution in [3.63, 3.8) is 0 Å². The number of anilines is 1. The number of likely N-dealkylation sites (tertiary alicyclic amines) is 1. The van der Waals surface area contributed by atoms with Crippen LogP contribution in [0.15, 0.2) is 24.3 Å². The van der Waals surface area contributed by atoms with Gasteiger partial charge in [-0.25, -0.2) is 0 Å². The molecule has 7 nitrogen and oxygen atoms in total. The Morgan fingerprint density at radius 3 is 2.77 bits per heavy atom. The Balaban J connectivity index is 1.49. The first kappa shape index (κ1) is 16.9. The van der Waals surface area contributed by atoms with Crippen molar-refractivity contribution in [2.75, 3.05) is 11.9 Å². The summed E-state index contributed by atoms with van der Waals surface area (Å²) in [5.74, 6) is -0.266. The van der Waals surface area contributed by atoms with E-state index in [1.807, 2.05) is 18.2 Å². The molecule has 1 aromatic rings. The van der Waals surface area contributed by atoms with Crippen LogP contribution in [0.1, 0.15) is 49.4 Å². The van der Waals surface area contributed by atoms with Crippen molar-refractivity contribution in [2.45, 2.75) is 56.8 Å². The molecule has 1 aromatic carbocycles. The Labute approximate surface area is 152 Å². The highest BCUT2D eigenvalue weighted by atomic mass is 16.2. The molecular weight excluding hydrogens is 332 g/mol. The minimum Gasteiger partial charge on any atom is -0.362 e. The molecule has 7 heteroatoms. The third kappa shape index (κ3) is 3.13. The first-order valence-corrected chi connectivity index (χ1v) is 9.27. The number of rotatable bonds is 3. The molecule has 1 spiro atoms. The Morgan fingerprint density at radius 1 is 1.23 bits per heavy atom. The molecule has 0 unspecified atom stereocenters. The molecule has 2 heterocycles. The van der Waals surface area contributed by atoms with Crippen LogP contribution in [0.2, 0.25) is 0 Å². The van der Waals surface area contributed by atoms with Gasteiger partial charge < -0.3 is 20.9 Å². The van der Waals surface area contributed by atoms with Gasteiger partial charge in [0.1, 0.15) is 11.7 Å². The van der Waals surface area contributed by atoms with E-state index in [9.17, 15) is 14.4 Å². The normalized spacial score (nSPS) is 26.4. The summed E-state index contributed by atoms with van der Waals surface area (Å²) < 4.78 is 0. The number of para-hydroxylation sites is 1. The number of fused-ring (bicyclic) bond motifs is 1. The van der Waals surface area contributed by atoms with Gasteiger partial charge in [0.15, 0.2) is 0 Å². The monoisotopic (exact) mass is 356 g/mol. The standard InChI is InChI=1S/C19H24N4O3/c1-12(17(25)20-13-6-7-13)23-11-10-19(9-8-16(23)24)21-15-5-3-2-4-14(15)18(26)22-19/h2-5,12-13,21H,6-11H2,1H3,(H,20,25)(H,22,26)/t12-,19-/m0/s1. The molecule has 3 N–H and O–H groups in total. The summed E-state index contributed by atoms with van der Waals surface area (Å²) in [5.41, 5.74) is 0.752. The lowest BCUT2D eigenvalue weighted by Crippen LogP contribution is -2.58.